The van der Waals surface area contributed by atoms with Crippen molar-refractivity contribution >= 4 is 5.69 Å². The molecule has 0 fully saturated rings. The van der Waals surface area contributed by atoms with Gasteiger partial charge in [-0.3, -0.25) is 10.1 Å². The van der Waals surface area contributed by atoms with Crippen molar-refractivity contribution in [2.45, 2.75) is 19.6 Å². The molecule has 2 rings (SSSR count). The molecule has 0 atom stereocenters. The number of hydrogen-bond donors (Lipinski definition) is 2. The monoisotopic (exact) mass is 256 g/mol. The Kier molecular flexibility index (Phi) is 3.22. The predicted octanol–water partition coefficient (Wildman–Crippen LogP) is 2.74. The number of aromatic amines is 1. The molecule has 2 aromatic rings. The van der Waals surface area contributed by atoms with Crippen LogP contribution >= 0.6 is 0 Å². The number of halogens is 3. The van der Waals surface area contributed by atoms with Gasteiger partial charge in [-0.2, -0.15) is 18.3 Å². The average Bonchev–Trinajstić information content (AvgIpc) is 2.71. The first-order chi connectivity index (χ1) is 8.48. The zero-order valence-corrected chi connectivity index (χ0v) is 9.54. The number of aryl methyl sites for hydroxylation is 1. The normalized spacial score (nSPS) is 11.6. The minimum Gasteiger partial charge on any atom is -0.379 e. The molecular weight excluding hydrogens is 245 g/mol. The average molecular weight is 256 g/mol. The lowest BCUT2D eigenvalue weighted by Gasteiger charge is -2.13. The molecule has 0 radical (unpaired) electrons. The van der Waals surface area contributed by atoms with Gasteiger partial charge in [-0.05, 0) is 18.6 Å². The van der Waals surface area contributed by atoms with Gasteiger partial charge in [-0.15, -0.1) is 0 Å². The van der Waals surface area contributed by atoms with Crippen molar-refractivity contribution in [1.29, 1.82) is 0 Å². The van der Waals surface area contributed by atoms with Crippen molar-refractivity contribution in [2.24, 2.45) is 0 Å². The smallest absolute Gasteiger partial charge is 0.379 e. The van der Waals surface area contributed by atoms with Crippen LogP contribution in [0.4, 0.5) is 18.9 Å². The SMILES string of the molecule is Cc1cn[nH]c1CNc1ccncc1C(F)(F)F. The lowest BCUT2D eigenvalue weighted by Crippen LogP contribution is -2.11. The van der Waals surface area contributed by atoms with Gasteiger partial charge in [-0.25, -0.2) is 0 Å². The summed E-state index contributed by atoms with van der Waals surface area (Å²) in [5.74, 6) is 0. The lowest BCUT2D eigenvalue weighted by atomic mass is 10.2. The van der Waals surface area contributed by atoms with Crippen LogP contribution in [0.1, 0.15) is 16.8 Å². The van der Waals surface area contributed by atoms with Gasteiger partial charge in [0.15, 0.2) is 0 Å². The van der Waals surface area contributed by atoms with Crippen molar-refractivity contribution in [3.63, 3.8) is 0 Å². The molecule has 96 valence electrons. The van der Waals surface area contributed by atoms with Crippen LogP contribution in [0.5, 0.6) is 0 Å². The van der Waals surface area contributed by atoms with Crippen molar-refractivity contribution < 1.29 is 13.2 Å². The van der Waals surface area contributed by atoms with E-state index >= 15 is 0 Å². The zero-order valence-electron chi connectivity index (χ0n) is 9.54. The third kappa shape index (κ3) is 2.61. The van der Waals surface area contributed by atoms with Gasteiger partial charge in [0.2, 0.25) is 0 Å². The van der Waals surface area contributed by atoms with Crippen LogP contribution in [0.25, 0.3) is 0 Å². The summed E-state index contributed by atoms with van der Waals surface area (Å²) in [4.78, 5) is 3.49. The quantitative estimate of drug-likeness (QED) is 0.887. The molecule has 0 aliphatic heterocycles. The molecule has 0 aromatic carbocycles. The van der Waals surface area contributed by atoms with Gasteiger partial charge in [0.1, 0.15) is 0 Å². The van der Waals surface area contributed by atoms with E-state index in [1.54, 1.807) is 6.20 Å². The number of alkyl halides is 3. The van der Waals surface area contributed by atoms with E-state index in [9.17, 15) is 13.2 Å². The minimum absolute atomic E-state index is 0.00602. The number of pyridine rings is 1. The Balaban J connectivity index is 2.17. The van der Waals surface area contributed by atoms with E-state index in [1.807, 2.05) is 6.92 Å². The van der Waals surface area contributed by atoms with Crippen LogP contribution < -0.4 is 5.32 Å². The molecule has 7 heteroatoms. The number of nitrogens with zero attached hydrogens (tertiary/aromatic N) is 2. The third-order valence-corrected chi connectivity index (χ3v) is 2.52. The summed E-state index contributed by atoms with van der Waals surface area (Å²) in [5, 5.41) is 9.26. The fourth-order valence-corrected chi connectivity index (χ4v) is 1.51. The summed E-state index contributed by atoms with van der Waals surface area (Å²) >= 11 is 0. The fourth-order valence-electron chi connectivity index (χ4n) is 1.51. The molecule has 2 heterocycles. The van der Waals surface area contributed by atoms with Crippen LogP contribution in [0.15, 0.2) is 24.7 Å². The van der Waals surface area contributed by atoms with Gasteiger partial charge in [-0.1, -0.05) is 0 Å². The van der Waals surface area contributed by atoms with Crippen LogP contribution in [0.3, 0.4) is 0 Å². The Hall–Kier alpha value is -2.05. The number of rotatable bonds is 3. The van der Waals surface area contributed by atoms with E-state index in [0.29, 0.717) is 0 Å². The molecule has 4 nitrogen and oxygen atoms in total. The Morgan fingerprint density at radius 1 is 1.33 bits per heavy atom. The molecule has 2 N–H and O–H groups in total. The van der Waals surface area contributed by atoms with Crippen molar-refractivity contribution in [2.75, 3.05) is 5.32 Å². The van der Waals surface area contributed by atoms with Crippen LogP contribution in [0, 0.1) is 6.92 Å². The van der Waals surface area contributed by atoms with Gasteiger partial charge >= 0.3 is 6.18 Å². The summed E-state index contributed by atoms with van der Waals surface area (Å²) in [6.45, 7) is 2.08. The Morgan fingerprint density at radius 3 is 2.72 bits per heavy atom. The van der Waals surface area contributed by atoms with Crippen LogP contribution in [0.2, 0.25) is 0 Å². The maximum absolute atomic E-state index is 12.7. The molecule has 2 aromatic heterocycles. The minimum atomic E-state index is -4.42. The first kappa shape index (κ1) is 12.4. The summed E-state index contributed by atoms with van der Waals surface area (Å²) in [6, 6.07) is 1.30. The number of anilines is 1. The Bertz CT molecular complexity index is 533. The van der Waals surface area contributed by atoms with E-state index in [2.05, 4.69) is 20.5 Å². The number of nitrogens with one attached hydrogen (secondary N) is 2. The molecule has 0 saturated heterocycles. The van der Waals surface area contributed by atoms with Gasteiger partial charge in [0.05, 0.1) is 24.0 Å². The summed E-state index contributed by atoms with van der Waals surface area (Å²) in [7, 11) is 0. The summed E-state index contributed by atoms with van der Waals surface area (Å²) in [6.07, 6.45) is -0.673. The van der Waals surface area contributed by atoms with E-state index in [4.69, 9.17) is 0 Å². The number of hydrogen-bond acceptors (Lipinski definition) is 3. The molecule has 0 unspecified atom stereocenters. The first-order valence-electron chi connectivity index (χ1n) is 5.22. The van der Waals surface area contributed by atoms with Crippen molar-refractivity contribution in [3.05, 3.63) is 41.5 Å². The molecule has 0 bridgehead atoms. The maximum Gasteiger partial charge on any atom is 0.419 e. The highest BCUT2D eigenvalue weighted by atomic mass is 19.4. The second-order valence-electron chi connectivity index (χ2n) is 3.80. The highest BCUT2D eigenvalue weighted by Gasteiger charge is 2.33. The summed E-state index contributed by atoms with van der Waals surface area (Å²) in [5.41, 5.74) is 0.874. The van der Waals surface area contributed by atoms with Crippen molar-refractivity contribution in [1.82, 2.24) is 15.2 Å². The first-order valence-corrected chi connectivity index (χ1v) is 5.22. The second-order valence-corrected chi connectivity index (χ2v) is 3.80. The highest BCUT2D eigenvalue weighted by molar-refractivity contribution is 5.51. The number of aromatic nitrogens is 3. The topological polar surface area (TPSA) is 53.6 Å². The van der Waals surface area contributed by atoms with E-state index in [-0.39, 0.29) is 12.2 Å². The molecule has 0 amide bonds. The van der Waals surface area contributed by atoms with Crippen LogP contribution in [-0.4, -0.2) is 15.2 Å². The highest BCUT2D eigenvalue weighted by Crippen LogP contribution is 2.34. The van der Waals surface area contributed by atoms with Gasteiger partial charge in [0, 0.05) is 18.1 Å². The molecule has 0 aliphatic carbocycles. The molecule has 0 saturated carbocycles. The Morgan fingerprint density at radius 2 is 2.11 bits per heavy atom. The predicted molar refractivity (Wildman–Crippen MR) is 59.9 cm³/mol. The van der Waals surface area contributed by atoms with E-state index < -0.39 is 11.7 Å². The Labute approximate surface area is 101 Å². The lowest BCUT2D eigenvalue weighted by molar-refractivity contribution is -0.137. The molecular formula is C11H11F3N4. The maximum atomic E-state index is 12.7. The van der Waals surface area contributed by atoms with Crippen molar-refractivity contribution in [3.8, 4) is 0 Å². The summed E-state index contributed by atoms with van der Waals surface area (Å²) < 4.78 is 38.1. The standard InChI is InChI=1S/C11H11F3N4/c1-7-4-17-18-10(7)6-16-9-2-3-15-5-8(9)11(12,13)14/h2-5H,6H2,1H3,(H,15,16)(H,17,18). The van der Waals surface area contributed by atoms with Crippen LogP contribution in [-0.2, 0) is 12.7 Å². The fraction of sp³-hybridized carbons (Fsp3) is 0.273. The van der Waals surface area contributed by atoms with Gasteiger partial charge in [0.25, 0.3) is 0 Å². The second kappa shape index (κ2) is 4.67. The molecule has 0 aliphatic rings. The van der Waals surface area contributed by atoms with Gasteiger partial charge < -0.3 is 5.32 Å². The van der Waals surface area contributed by atoms with E-state index in [1.165, 1.54) is 12.3 Å². The largest absolute Gasteiger partial charge is 0.419 e. The number of H-pyrrole nitrogens is 1. The molecule has 18 heavy (non-hydrogen) atoms. The zero-order chi connectivity index (χ0) is 13.2. The van der Waals surface area contributed by atoms with E-state index in [0.717, 1.165) is 17.5 Å². The third-order valence-electron chi connectivity index (χ3n) is 2.52. The molecule has 0 spiro atoms.